The number of nitrogens with zero attached hydrogens (tertiary/aromatic N) is 2. The number of fused-ring (bicyclic) bond motifs is 1. The van der Waals surface area contributed by atoms with Gasteiger partial charge in [-0.05, 0) is 33.2 Å². The van der Waals surface area contributed by atoms with Crippen molar-refractivity contribution in [1.29, 1.82) is 0 Å². The summed E-state index contributed by atoms with van der Waals surface area (Å²) in [5.41, 5.74) is 7.03. The Balaban J connectivity index is 1.80. The van der Waals surface area contributed by atoms with Crippen LogP contribution < -0.4 is 16.0 Å². The van der Waals surface area contributed by atoms with E-state index in [-0.39, 0.29) is 16.4 Å². The lowest BCUT2D eigenvalue weighted by Crippen LogP contribution is -2.41. The Morgan fingerprint density at radius 3 is 2.52 bits per heavy atom. The fourth-order valence-electron chi connectivity index (χ4n) is 1.92. The second-order valence-electron chi connectivity index (χ2n) is 4.57. The lowest BCUT2D eigenvalue weighted by atomic mass is 10.1. The van der Waals surface area contributed by atoms with Crippen molar-refractivity contribution in [2.24, 2.45) is 0 Å². The van der Waals surface area contributed by atoms with Crippen molar-refractivity contribution in [3.8, 4) is 0 Å². The molecule has 0 bridgehead atoms. The molecule has 3 rings (SSSR count). The smallest absolute Gasteiger partial charge is 0.292 e. The Hall–Kier alpha value is -2.98. The van der Waals surface area contributed by atoms with Crippen LogP contribution in [0, 0.1) is 0 Å². The molecule has 0 radical (unpaired) electrons. The summed E-state index contributed by atoms with van der Waals surface area (Å²) in [4.78, 5) is 13.7. The topological polar surface area (TPSA) is 140 Å². The van der Waals surface area contributed by atoms with Gasteiger partial charge in [-0.1, -0.05) is 30.3 Å². The molecule has 0 fully saturated rings. The van der Waals surface area contributed by atoms with Crippen LogP contribution >= 0.6 is 0 Å². The maximum Gasteiger partial charge on any atom is 0.292 e. The highest BCUT2D eigenvalue weighted by Crippen LogP contribution is 2.18. The van der Waals surface area contributed by atoms with E-state index < -0.39 is 15.9 Å². The Labute approximate surface area is 130 Å². The monoisotopic (exact) mass is 333 g/mol. The van der Waals surface area contributed by atoms with Gasteiger partial charge < -0.3 is 5.73 Å². The lowest BCUT2D eigenvalue weighted by molar-refractivity contribution is 0.0936. The number of carbonyl (C=O) groups is 1. The molecule has 10 heteroatoms. The van der Waals surface area contributed by atoms with Crippen molar-refractivity contribution in [2.75, 3.05) is 5.73 Å². The van der Waals surface area contributed by atoms with Crippen molar-refractivity contribution in [3.63, 3.8) is 0 Å². The van der Waals surface area contributed by atoms with E-state index in [4.69, 9.17) is 5.73 Å². The second-order valence-corrected chi connectivity index (χ2v) is 6.25. The van der Waals surface area contributed by atoms with Crippen LogP contribution in [0.15, 0.2) is 52.0 Å². The van der Waals surface area contributed by atoms with Gasteiger partial charge >= 0.3 is 0 Å². The fraction of sp³-hybridized carbons (Fsp3) is 0. The number of nitrogen functional groups attached to an aromatic ring is 1. The third-order valence-corrected chi connectivity index (χ3v) is 4.30. The number of aromatic nitrogens is 2. The summed E-state index contributed by atoms with van der Waals surface area (Å²) in [5, 5.41) is 8.16. The van der Waals surface area contributed by atoms with Gasteiger partial charge in [-0.15, -0.1) is 4.83 Å². The minimum absolute atomic E-state index is 0.00255. The summed E-state index contributed by atoms with van der Waals surface area (Å²) < 4.78 is 28.7. The van der Waals surface area contributed by atoms with Crippen molar-refractivity contribution < 1.29 is 17.8 Å². The highest BCUT2D eigenvalue weighted by Gasteiger charge is 2.20. The van der Waals surface area contributed by atoms with E-state index in [0.29, 0.717) is 0 Å². The van der Waals surface area contributed by atoms with Crippen LogP contribution in [0.3, 0.4) is 0 Å². The minimum Gasteiger partial charge on any atom is -0.379 e. The summed E-state index contributed by atoms with van der Waals surface area (Å²) in [5.74, 6) is -1.12. The lowest BCUT2D eigenvalue weighted by Gasteiger charge is -2.08. The molecule has 0 aliphatic heterocycles. The van der Waals surface area contributed by atoms with E-state index in [2.05, 4.69) is 14.9 Å². The maximum absolute atomic E-state index is 12.2. The molecule has 23 heavy (non-hydrogen) atoms. The largest absolute Gasteiger partial charge is 0.379 e. The number of carbonyl (C=O) groups excluding carboxylic acids is 1. The standard InChI is InChI=1S/C13H11N5O4S/c14-12-11(16-22-17-12)13(19)15-18-23(20,21)10-6-5-8-3-1-2-4-9(8)7-10/h1-7,18H,(H2,14,17)(H,15,19). The third kappa shape index (κ3) is 2.98. The second kappa shape index (κ2) is 5.66. The summed E-state index contributed by atoms with van der Waals surface area (Å²) in [6.45, 7) is 0. The van der Waals surface area contributed by atoms with Gasteiger partial charge in [0.1, 0.15) is 0 Å². The predicted molar refractivity (Wildman–Crippen MR) is 80.4 cm³/mol. The Kier molecular flexibility index (Phi) is 3.68. The first-order valence-electron chi connectivity index (χ1n) is 6.36. The van der Waals surface area contributed by atoms with E-state index in [9.17, 15) is 13.2 Å². The normalized spacial score (nSPS) is 11.5. The van der Waals surface area contributed by atoms with Gasteiger partial charge in [0.05, 0.1) is 4.90 Å². The third-order valence-electron chi connectivity index (χ3n) is 3.06. The quantitative estimate of drug-likeness (QED) is 0.588. The van der Waals surface area contributed by atoms with E-state index >= 15 is 0 Å². The summed E-state index contributed by atoms with van der Waals surface area (Å²) in [7, 11) is -3.95. The van der Waals surface area contributed by atoms with Crippen molar-refractivity contribution >= 4 is 32.5 Å². The molecule has 118 valence electrons. The average Bonchev–Trinajstić information content (AvgIpc) is 2.98. The fourth-order valence-corrected chi connectivity index (χ4v) is 2.79. The molecule has 0 saturated heterocycles. The number of hydrogen-bond acceptors (Lipinski definition) is 7. The zero-order chi connectivity index (χ0) is 16.4. The minimum atomic E-state index is -3.95. The number of rotatable bonds is 4. The Morgan fingerprint density at radius 2 is 1.83 bits per heavy atom. The van der Waals surface area contributed by atoms with Crippen LogP contribution in [-0.2, 0) is 10.0 Å². The van der Waals surface area contributed by atoms with E-state index in [0.717, 1.165) is 10.8 Å². The van der Waals surface area contributed by atoms with Crippen molar-refractivity contribution in [1.82, 2.24) is 20.6 Å². The van der Waals surface area contributed by atoms with Gasteiger partial charge in [-0.25, -0.2) is 13.0 Å². The number of hydrazine groups is 1. The molecule has 0 unspecified atom stereocenters. The molecule has 0 aliphatic carbocycles. The molecule has 0 atom stereocenters. The number of hydrogen-bond donors (Lipinski definition) is 3. The number of benzene rings is 2. The van der Waals surface area contributed by atoms with Crippen LogP contribution in [-0.4, -0.2) is 24.6 Å². The van der Waals surface area contributed by atoms with Gasteiger partial charge in [-0.3, -0.25) is 10.2 Å². The first-order valence-corrected chi connectivity index (χ1v) is 7.85. The molecule has 4 N–H and O–H groups in total. The molecule has 3 aromatic rings. The highest BCUT2D eigenvalue weighted by atomic mass is 32.2. The van der Waals surface area contributed by atoms with Crippen LogP contribution in [0.2, 0.25) is 0 Å². The predicted octanol–water partition coefficient (Wildman–Crippen LogP) is 0.428. The number of nitrogens with two attached hydrogens (primary N) is 1. The molecule has 1 amide bonds. The van der Waals surface area contributed by atoms with Gasteiger partial charge in [0, 0.05) is 0 Å². The van der Waals surface area contributed by atoms with E-state index in [1.807, 2.05) is 22.4 Å². The first-order chi connectivity index (χ1) is 11.0. The molecule has 0 aliphatic rings. The summed E-state index contributed by atoms with van der Waals surface area (Å²) in [6.07, 6.45) is 0. The molecule has 0 spiro atoms. The average molecular weight is 333 g/mol. The van der Waals surface area contributed by atoms with E-state index in [1.165, 1.54) is 12.1 Å². The molecule has 2 aromatic carbocycles. The van der Waals surface area contributed by atoms with Gasteiger partial charge in [0.2, 0.25) is 11.5 Å². The Bertz CT molecular complexity index is 983. The van der Waals surface area contributed by atoms with Gasteiger partial charge in [0.15, 0.2) is 0 Å². The molecule has 9 nitrogen and oxygen atoms in total. The molecule has 0 saturated carbocycles. The van der Waals surface area contributed by atoms with Gasteiger partial charge in [0.25, 0.3) is 15.9 Å². The number of nitrogens with one attached hydrogen (secondary N) is 2. The molecular weight excluding hydrogens is 322 g/mol. The van der Waals surface area contributed by atoms with Crippen LogP contribution in [0.5, 0.6) is 0 Å². The van der Waals surface area contributed by atoms with E-state index in [1.54, 1.807) is 18.2 Å². The molecular formula is C13H11N5O4S. The first kappa shape index (κ1) is 14.9. The number of sulfonamides is 1. The van der Waals surface area contributed by atoms with Crippen LogP contribution in [0.1, 0.15) is 10.5 Å². The maximum atomic E-state index is 12.2. The van der Waals surface area contributed by atoms with Crippen LogP contribution in [0.25, 0.3) is 10.8 Å². The number of amides is 1. The summed E-state index contributed by atoms with van der Waals surface area (Å²) in [6, 6.07) is 11.9. The highest BCUT2D eigenvalue weighted by molar-refractivity contribution is 7.89. The van der Waals surface area contributed by atoms with Gasteiger partial charge in [-0.2, -0.15) is 0 Å². The SMILES string of the molecule is Nc1nonc1C(=O)NNS(=O)(=O)c1ccc2ccccc2c1. The molecule has 1 aromatic heterocycles. The van der Waals surface area contributed by atoms with Crippen LogP contribution in [0.4, 0.5) is 5.82 Å². The zero-order valence-electron chi connectivity index (χ0n) is 11.6. The van der Waals surface area contributed by atoms with Crippen molar-refractivity contribution in [2.45, 2.75) is 4.90 Å². The number of anilines is 1. The summed E-state index contributed by atoms with van der Waals surface area (Å²) >= 11 is 0. The zero-order valence-corrected chi connectivity index (χ0v) is 12.4. The molecule has 1 heterocycles. The van der Waals surface area contributed by atoms with Crippen molar-refractivity contribution in [3.05, 3.63) is 48.2 Å². The Morgan fingerprint density at radius 1 is 1.09 bits per heavy atom.